The van der Waals surface area contributed by atoms with Crippen molar-refractivity contribution < 1.29 is 4.74 Å². The first-order valence-corrected chi connectivity index (χ1v) is 5.14. The Morgan fingerprint density at radius 3 is 2.80 bits per heavy atom. The molecule has 1 aromatic heterocycles. The second-order valence-corrected chi connectivity index (χ2v) is 3.80. The molecule has 0 radical (unpaired) electrons. The summed E-state index contributed by atoms with van der Waals surface area (Å²) in [6.45, 7) is 3.25. The van der Waals surface area contributed by atoms with Crippen LogP contribution in [0.15, 0.2) is 24.5 Å². The van der Waals surface area contributed by atoms with Gasteiger partial charge in [0, 0.05) is 18.4 Å². The van der Waals surface area contributed by atoms with Crippen LogP contribution in [0.2, 0.25) is 0 Å². The first-order chi connectivity index (χ1) is 6.84. The molecule has 0 spiro atoms. The number of piperidine rings is 1. The summed E-state index contributed by atoms with van der Waals surface area (Å²) in [4.78, 5) is 3.96. The summed E-state index contributed by atoms with van der Waals surface area (Å²) in [7, 11) is 0. The molecule has 1 aliphatic heterocycles. The van der Waals surface area contributed by atoms with Gasteiger partial charge in [-0.3, -0.25) is 4.98 Å². The zero-order valence-electron chi connectivity index (χ0n) is 8.85. The molecule has 1 fully saturated rings. The van der Waals surface area contributed by atoms with E-state index in [1.807, 2.05) is 12.1 Å². The van der Waals surface area contributed by atoms with Gasteiger partial charge in [0.05, 0.1) is 0 Å². The highest BCUT2D eigenvalue weighted by molar-refractivity contribution is 5.85. The fraction of sp³-hybridized carbons (Fsp3) is 0.545. The molecule has 4 heteroatoms. The Hall–Kier alpha value is -0.800. The van der Waals surface area contributed by atoms with E-state index in [-0.39, 0.29) is 12.4 Å². The van der Waals surface area contributed by atoms with Crippen molar-refractivity contribution in [3.05, 3.63) is 24.5 Å². The molecule has 2 heterocycles. The average Bonchev–Trinajstić information content (AvgIpc) is 2.19. The Labute approximate surface area is 96.7 Å². The molecule has 15 heavy (non-hydrogen) atoms. The van der Waals surface area contributed by atoms with E-state index < -0.39 is 0 Å². The Morgan fingerprint density at radius 1 is 1.40 bits per heavy atom. The summed E-state index contributed by atoms with van der Waals surface area (Å²) in [5.41, 5.74) is 0. The molecule has 0 amide bonds. The van der Waals surface area contributed by atoms with Crippen LogP contribution in [0.3, 0.4) is 0 Å². The van der Waals surface area contributed by atoms with Crippen LogP contribution >= 0.6 is 12.4 Å². The second kappa shape index (κ2) is 5.93. The number of hydrogen-bond acceptors (Lipinski definition) is 3. The fourth-order valence-corrected chi connectivity index (χ4v) is 1.80. The van der Waals surface area contributed by atoms with Crippen molar-refractivity contribution in [2.24, 2.45) is 0 Å². The van der Waals surface area contributed by atoms with Crippen molar-refractivity contribution in [2.75, 3.05) is 6.54 Å². The molecule has 0 aliphatic carbocycles. The van der Waals surface area contributed by atoms with Crippen LogP contribution < -0.4 is 10.1 Å². The molecule has 0 unspecified atom stereocenters. The van der Waals surface area contributed by atoms with Crippen molar-refractivity contribution in [2.45, 2.75) is 31.9 Å². The van der Waals surface area contributed by atoms with Crippen LogP contribution in [0, 0.1) is 0 Å². The number of rotatable bonds is 2. The molecule has 2 rings (SSSR count). The summed E-state index contributed by atoms with van der Waals surface area (Å²) in [5.74, 6) is 0.930. The van der Waals surface area contributed by atoms with Gasteiger partial charge >= 0.3 is 0 Å². The highest BCUT2D eigenvalue weighted by Gasteiger charge is 2.19. The van der Waals surface area contributed by atoms with Gasteiger partial charge in [-0.25, -0.2) is 0 Å². The summed E-state index contributed by atoms with van der Waals surface area (Å²) < 4.78 is 5.85. The van der Waals surface area contributed by atoms with Crippen molar-refractivity contribution in [3.63, 3.8) is 0 Å². The van der Waals surface area contributed by atoms with Crippen LogP contribution in [0.5, 0.6) is 5.75 Å². The number of nitrogens with zero attached hydrogens (tertiary/aromatic N) is 1. The SMILES string of the molecule is C[C@H]1C[C@@H](Oc2ccncc2)CCN1.Cl. The van der Waals surface area contributed by atoms with Gasteiger partial charge in [-0.1, -0.05) is 0 Å². The lowest BCUT2D eigenvalue weighted by molar-refractivity contribution is 0.144. The van der Waals surface area contributed by atoms with E-state index in [0.717, 1.165) is 25.1 Å². The second-order valence-electron chi connectivity index (χ2n) is 3.80. The first kappa shape index (κ1) is 12.3. The first-order valence-electron chi connectivity index (χ1n) is 5.14. The molecule has 84 valence electrons. The van der Waals surface area contributed by atoms with E-state index in [9.17, 15) is 0 Å². The lowest BCUT2D eigenvalue weighted by Gasteiger charge is -2.28. The van der Waals surface area contributed by atoms with Gasteiger partial charge in [0.25, 0.3) is 0 Å². The van der Waals surface area contributed by atoms with E-state index in [4.69, 9.17) is 4.74 Å². The van der Waals surface area contributed by atoms with Gasteiger partial charge in [0.15, 0.2) is 0 Å². The number of hydrogen-bond donors (Lipinski definition) is 1. The monoisotopic (exact) mass is 228 g/mol. The summed E-state index contributed by atoms with van der Waals surface area (Å²) in [6, 6.07) is 4.38. The molecular weight excluding hydrogens is 212 g/mol. The Bertz CT molecular complexity index is 281. The van der Waals surface area contributed by atoms with E-state index in [1.54, 1.807) is 12.4 Å². The molecule has 2 atom stereocenters. The summed E-state index contributed by atoms with van der Waals surface area (Å²) in [6.07, 6.45) is 6.06. The Morgan fingerprint density at radius 2 is 2.13 bits per heavy atom. The highest BCUT2D eigenvalue weighted by atomic mass is 35.5. The number of aromatic nitrogens is 1. The predicted molar refractivity (Wildman–Crippen MR) is 62.6 cm³/mol. The molecule has 1 N–H and O–H groups in total. The van der Waals surface area contributed by atoms with Gasteiger partial charge in [-0.15, -0.1) is 12.4 Å². The number of halogens is 1. The van der Waals surface area contributed by atoms with Gasteiger partial charge in [-0.2, -0.15) is 0 Å². The van der Waals surface area contributed by atoms with Gasteiger partial charge in [-0.05, 0) is 38.4 Å². The van der Waals surface area contributed by atoms with Crippen LogP contribution in [0.1, 0.15) is 19.8 Å². The van der Waals surface area contributed by atoms with Crippen molar-refractivity contribution in [1.82, 2.24) is 10.3 Å². The van der Waals surface area contributed by atoms with Crippen molar-refractivity contribution in [1.29, 1.82) is 0 Å². The van der Waals surface area contributed by atoms with Crippen LogP contribution in [-0.2, 0) is 0 Å². The fourth-order valence-electron chi connectivity index (χ4n) is 1.80. The molecule has 0 bridgehead atoms. The van der Waals surface area contributed by atoms with E-state index >= 15 is 0 Å². The normalized spacial score (nSPS) is 25.4. The van der Waals surface area contributed by atoms with E-state index in [2.05, 4.69) is 17.2 Å². The zero-order chi connectivity index (χ0) is 9.80. The maximum Gasteiger partial charge on any atom is 0.122 e. The zero-order valence-corrected chi connectivity index (χ0v) is 9.67. The molecule has 1 aliphatic rings. The summed E-state index contributed by atoms with van der Waals surface area (Å²) in [5, 5.41) is 3.41. The van der Waals surface area contributed by atoms with Crippen molar-refractivity contribution >= 4 is 12.4 Å². The molecular formula is C11H17ClN2O. The predicted octanol–water partition coefficient (Wildman–Crippen LogP) is 2.02. The standard InChI is InChI=1S/C11H16N2O.ClH/c1-9-8-11(4-7-13-9)14-10-2-5-12-6-3-10;/h2-3,5-6,9,11,13H,4,7-8H2,1H3;1H/t9-,11-;/m0./s1. The minimum atomic E-state index is 0. The van der Waals surface area contributed by atoms with Gasteiger partial charge in [0.1, 0.15) is 11.9 Å². The lowest BCUT2D eigenvalue weighted by atomic mass is 10.0. The minimum Gasteiger partial charge on any atom is -0.490 e. The van der Waals surface area contributed by atoms with E-state index in [0.29, 0.717) is 12.1 Å². The van der Waals surface area contributed by atoms with Gasteiger partial charge < -0.3 is 10.1 Å². The van der Waals surface area contributed by atoms with E-state index in [1.165, 1.54) is 0 Å². The average molecular weight is 229 g/mol. The third-order valence-corrected chi connectivity index (χ3v) is 2.53. The third-order valence-electron chi connectivity index (χ3n) is 2.53. The van der Waals surface area contributed by atoms with Crippen LogP contribution in [0.4, 0.5) is 0 Å². The largest absolute Gasteiger partial charge is 0.490 e. The molecule has 1 aromatic rings. The van der Waals surface area contributed by atoms with Crippen LogP contribution in [0.25, 0.3) is 0 Å². The quantitative estimate of drug-likeness (QED) is 0.841. The molecule has 0 saturated carbocycles. The smallest absolute Gasteiger partial charge is 0.122 e. The maximum absolute atomic E-state index is 5.85. The maximum atomic E-state index is 5.85. The Balaban J connectivity index is 0.00000112. The van der Waals surface area contributed by atoms with Crippen molar-refractivity contribution in [3.8, 4) is 5.75 Å². The number of nitrogens with one attached hydrogen (secondary N) is 1. The molecule has 3 nitrogen and oxygen atoms in total. The number of ether oxygens (including phenoxy) is 1. The number of pyridine rings is 1. The lowest BCUT2D eigenvalue weighted by Crippen LogP contribution is -2.40. The topological polar surface area (TPSA) is 34.1 Å². The summed E-state index contributed by atoms with van der Waals surface area (Å²) >= 11 is 0. The highest BCUT2D eigenvalue weighted by Crippen LogP contribution is 2.17. The minimum absolute atomic E-state index is 0. The molecule has 1 saturated heterocycles. The van der Waals surface area contributed by atoms with Gasteiger partial charge in [0.2, 0.25) is 0 Å². The Kier molecular flexibility index (Phi) is 4.85. The molecule has 0 aromatic carbocycles. The van der Waals surface area contributed by atoms with Crippen LogP contribution in [-0.4, -0.2) is 23.7 Å². The third kappa shape index (κ3) is 3.68.